The summed E-state index contributed by atoms with van der Waals surface area (Å²) in [6, 6.07) is 11.1. The van der Waals surface area contributed by atoms with Crippen LogP contribution < -0.4 is 15.4 Å². The fraction of sp³-hybridized carbons (Fsp3) is 0.552. The van der Waals surface area contributed by atoms with E-state index in [1.807, 2.05) is 31.2 Å². The van der Waals surface area contributed by atoms with Gasteiger partial charge in [-0.15, -0.1) is 0 Å². The molecule has 1 heterocycles. The number of methoxy groups -OCH3 is 1. The van der Waals surface area contributed by atoms with E-state index in [1.54, 1.807) is 31.6 Å². The van der Waals surface area contributed by atoms with Crippen molar-refractivity contribution in [3.63, 3.8) is 0 Å². The third-order valence-corrected chi connectivity index (χ3v) is 8.53. The van der Waals surface area contributed by atoms with Crippen LogP contribution in [0, 0.1) is 16.7 Å². The Labute approximate surface area is 214 Å². The fourth-order valence-electron chi connectivity index (χ4n) is 6.55. The third-order valence-electron chi connectivity index (χ3n) is 8.53. The van der Waals surface area contributed by atoms with Crippen molar-refractivity contribution >= 4 is 11.8 Å². The van der Waals surface area contributed by atoms with Crippen molar-refractivity contribution < 1.29 is 19.4 Å². The molecule has 0 unspecified atom stereocenters. The lowest BCUT2D eigenvalue weighted by Gasteiger charge is -2.50. The van der Waals surface area contributed by atoms with Gasteiger partial charge in [0.25, 0.3) is 5.91 Å². The minimum atomic E-state index is -0.732. The van der Waals surface area contributed by atoms with Crippen molar-refractivity contribution in [3.8, 4) is 5.75 Å². The molecule has 7 heteroatoms. The number of ether oxygens (including phenoxy) is 1. The Kier molecular flexibility index (Phi) is 7.41. The van der Waals surface area contributed by atoms with Gasteiger partial charge in [0.15, 0.2) is 0 Å². The van der Waals surface area contributed by atoms with Crippen LogP contribution in [-0.2, 0) is 11.3 Å². The van der Waals surface area contributed by atoms with Gasteiger partial charge in [-0.05, 0) is 85.6 Å². The first-order chi connectivity index (χ1) is 17.0. The topological polar surface area (TPSA) is 101 Å². The zero-order valence-electron chi connectivity index (χ0n) is 21.8. The van der Waals surface area contributed by atoms with Crippen LogP contribution in [0.3, 0.4) is 0 Å². The molecule has 2 aromatic rings. The molecule has 0 bridgehead atoms. The van der Waals surface area contributed by atoms with E-state index in [2.05, 4.69) is 29.5 Å². The maximum atomic E-state index is 13.1. The normalized spacial score (nSPS) is 28.7. The molecule has 1 aromatic heterocycles. The monoisotopic (exact) mass is 493 g/mol. The second kappa shape index (κ2) is 10.2. The van der Waals surface area contributed by atoms with Gasteiger partial charge in [-0.2, -0.15) is 0 Å². The largest absolute Gasteiger partial charge is 0.497 e. The number of nitrogens with one attached hydrogen (secondary N) is 2. The highest BCUT2D eigenvalue weighted by Crippen LogP contribution is 2.63. The first-order valence-corrected chi connectivity index (χ1v) is 12.9. The molecule has 1 aromatic carbocycles. The summed E-state index contributed by atoms with van der Waals surface area (Å²) in [5.74, 6) is 0.845. The molecule has 0 radical (unpaired) electrons. The molecule has 0 aliphatic heterocycles. The predicted octanol–water partition coefficient (Wildman–Crippen LogP) is 4.25. The number of amides is 2. The second-order valence-electron chi connectivity index (χ2n) is 11.6. The molecular formula is C29H39N3O4. The number of aliphatic hydroxyl groups is 1. The summed E-state index contributed by atoms with van der Waals surface area (Å²) in [6.07, 6.45) is 7.20. The number of carbonyl (C=O) groups excluding carboxylic acids is 2. The van der Waals surface area contributed by atoms with Gasteiger partial charge in [0.1, 0.15) is 5.75 Å². The van der Waals surface area contributed by atoms with Gasteiger partial charge < -0.3 is 20.5 Å². The highest BCUT2D eigenvalue weighted by molar-refractivity contribution is 5.94. The molecule has 2 amide bonds. The van der Waals surface area contributed by atoms with E-state index in [4.69, 9.17) is 4.74 Å². The average Bonchev–Trinajstić information content (AvgIpc) is 3.07. The lowest BCUT2D eigenvalue weighted by Crippen LogP contribution is -2.52. The number of hydrogen-bond donors (Lipinski definition) is 3. The summed E-state index contributed by atoms with van der Waals surface area (Å²) < 4.78 is 5.20. The highest BCUT2D eigenvalue weighted by atomic mass is 16.5. The van der Waals surface area contributed by atoms with E-state index in [-0.39, 0.29) is 34.6 Å². The van der Waals surface area contributed by atoms with Crippen LogP contribution in [0.5, 0.6) is 5.75 Å². The van der Waals surface area contributed by atoms with Gasteiger partial charge in [0.05, 0.1) is 18.3 Å². The summed E-state index contributed by atoms with van der Waals surface area (Å²) >= 11 is 0. The van der Waals surface area contributed by atoms with Gasteiger partial charge in [-0.1, -0.05) is 26.0 Å². The molecule has 2 fully saturated rings. The Morgan fingerprint density at radius 2 is 1.86 bits per heavy atom. The zero-order valence-corrected chi connectivity index (χ0v) is 21.8. The number of rotatable bonds is 8. The minimum absolute atomic E-state index is 0.00156. The Hall–Kier alpha value is -2.93. The van der Waals surface area contributed by atoms with Crippen molar-refractivity contribution in [2.24, 2.45) is 16.7 Å². The number of aromatic nitrogens is 1. The predicted molar refractivity (Wildman–Crippen MR) is 138 cm³/mol. The van der Waals surface area contributed by atoms with Crippen LogP contribution in [0.25, 0.3) is 0 Å². The molecule has 2 aliphatic carbocycles. The van der Waals surface area contributed by atoms with Crippen LogP contribution in [0.1, 0.15) is 75.2 Å². The molecule has 0 saturated heterocycles. The summed E-state index contributed by atoms with van der Waals surface area (Å²) in [5.41, 5.74) is 0.494. The standard InChI is InChI=1S/C29H39N3O4/c1-27(2)17-24(32-26(34)21-6-5-15-30-19-21)29(14-13-28(3,35)16-23(27)29)12-11-25(33)31-18-20-7-9-22(36-4)10-8-20/h5-10,15,19,23-24,35H,11-14,16-18H2,1-4H3,(H,31,33)(H,32,34)/t23-,24-,28+,29+/m0/s1. The van der Waals surface area contributed by atoms with Crippen molar-refractivity contribution in [3.05, 3.63) is 59.9 Å². The molecule has 194 valence electrons. The van der Waals surface area contributed by atoms with Crippen molar-refractivity contribution in [1.82, 2.24) is 15.6 Å². The van der Waals surface area contributed by atoms with E-state index < -0.39 is 5.60 Å². The first kappa shape index (κ1) is 26.1. The Morgan fingerprint density at radius 3 is 2.53 bits per heavy atom. The lowest BCUT2D eigenvalue weighted by molar-refractivity contribution is -0.123. The number of fused-ring (bicyclic) bond motifs is 1. The molecule has 2 saturated carbocycles. The quantitative estimate of drug-likeness (QED) is 0.510. The molecular weight excluding hydrogens is 454 g/mol. The smallest absolute Gasteiger partial charge is 0.253 e. The third kappa shape index (κ3) is 5.56. The van der Waals surface area contributed by atoms with Crippen LogP contribution in [-0.4, -0.2) is 40.7 Å². The molecule has 2 aliphatic rings. The van der Waals surface area contributed by atoms with E-state index >= 15 is 0 Å². The SMILES string of the molecule is COc1ccc(CNC(=O)CC[C@@]23CC[C@@](C)(O)C[C@H]2C(C)(C)C[C@@H]3NC(=O)c2cccnc2)cc1. The fourth-order valence-corrected chi connectivity index (χ4v) is 6.55. The minimum Gasteiger partial charge on any atom is -0.497 e. The number of hydrogen-bond acceptors (Lipinski definition) is 5. The van der Waals surface area contributed by atoms with Gasteiger partial charge >= 0.3 is 0 Å². The van der Waals surface area contributed by atoms with Crippen molar-refractivity contribution in [2.75, 3.05) is 7.11 Å². The number of pyridine rings is 1. The second-order valence-corrected chi connectivity index (χ2v) is 11.6. The Bertz CT molecular complexity index is 1070. The van der Waals surface area contributed by atoms with Gasteiger partial charge in [-0.3, -0.25) is 14.6 Å². The van der Waals surface area contributed by atoms with Gasteiger partial charge in [0.2, 0.25) is 5.91 Å². The van der Waals surface area contributed by atoms with E-state index in [0.29, 0.717) is 37.8 Å². The van der Waals surface area contributed by atoms with Crippen LogP contribution in [0.15, 0.2) is 48.8 Å². The molecule has 4 rings (SSSR count). The molecule has 3 N–H and O–H groups in total. The number of nitrogens with zero attached hydrogens (tertiary/aromatic N) is 1. The Morgan fingerprint density at radius 1 is 1.11 bits per heavy atom. The van der Waals surface area contributed by atoms with Gasteiger partial charge in [0, 0.05) is 31.4 Å². The highest BCUT2D eigenvalue weighted by Gasteiger charge is 2.61. The van der Waals surface area contributed by atoms with Crippen molar-refractivity contribution in [2.45, 2.75) is 77.5 Å². The molecule has 4 atom stereocenters. The molecule has 7 nitrogen and oxygen atoms in total. The van der Waals surface area contributed by atoms with Crippen molar-refractivity contribution in [1.29, 1.82) is 0 Å². The van der Waals surface area contributed by atoms with Crippen LogP contribution in [0.4, 0.5) is 0 Å². The summed E-state index contributed by atoms with van der Waals surface area (Å²) in [4.78, 5) is 30.1. The number of benzene rings is 1. The summed E-state index contributed by atoms with van der Waals surface area (Å²) in [6.45, 7) is 6.83. The Balaban J connectivity index is 1.49. The van der Waals surface area contributed by atoms with E-state index in [0.717, 1.165) is 24.2 Å². The molecule has 0 spiro atoms. The maximum absolute atomic E-state index is 13.1. The zero-order chi connectivity index (χ0) is 26.0. The lowest BCUT2D eigenvalue weighted by atomic mass is 9.57. The van der Waals surface area contributed by atoms with Crippen LogP contribution in [0.2, 0.25) is 0 Å². The van der Waals surface area contributed by atoms with E-state index in [9.17, 15) is 14.7 Å². The number of carbonyl (C=O) groups is 2. The van der Waals surface area contributed by atoms with Crippen LogP contribution >= 0.6 is 0 Å². The maximum Gasteiger partial charge on any atom is 0.253 e. The first-order valence-electron chi connectivity index (χ1n) is 12.9. The summed E-state index contributed by atoms with van der Waals surface area (Å²) in [7, 11) is 1.63. The van der Waals surface area contributed by atoms with Gasteiger partial charge in [-0.25, -0.2) is 0 Å². The van der Waals surface area contributed by atoms with E-state index in [1.165, 1.54) is 0 Å². The average molecular weight is 494 g/mol. The summed E-state index contributed by atoms with van der Waals surface area (Å²) in [5, 5.41) is 17.3. The molecule has 36 heavy (non-hydrogen) atoms.